The van der Waals surface area contributed by atoms with Crippen LogP contribution in [0.15, 0.2) is 79.4 Å². The standard InChI is InChI=1S/C39H53N7O6/c1-26(2)29(16-11-18-36(48)46-35-17-9-10-19-41-35)22-34(47)31(20-27-12-5-3-6-13-27)43-38(50)33(23-30-24-40-25-42-30)44-37(49)32(45-39(51)52)21-28-14-7-4-8-15-28/h4,7-11,14-15,17-19,24-27,29,31-34,45,47H,3,5-6,12-13,16,20-23H2,1-2H3,(H,40,42)(H,43,50)(H,44,49)(H,51,52)(H,41,46,48)/b18-11+/t29-,31-,32-,33-,34+/m0/s1. The van der Waals surface area contributed by atoms with Crippen molar-refractivity contribution in [1.29, 1.82) is 0 Å². The van der Waals surface area contributed by atoms with E-state index in [9.17, 15) is 29.4 Å². The molecule has 1 aliphatic carbocycles. The zero-order valence-electron chi connectivity index (χ0n) is 30.0. The molecule has 0 radical (unpaired) electrons. The number of pyridine rings is 1. The molecule has 1 saturated carbocycles. The molecule has 13 nitrogen and oxygen atoms in total. The lowest BCUT2D eigenvalue weighted by molar-refractivity contribution is -0.131. The number of hydrogen-bond donors (Lipinski definition) is 7. The smallest absolute Gasteiger partial charge is 0.405 e. The number of carbonyl (C=O) groups excluding carboxylic acids is 3. The minimum Gasteiger partial charge on any atom is -0.465 e. The highest BCUT2D eigenvalue weighted by Crippen LogP contribution is 2.30. The van der Waals surface area contributed by atoms with Gasteiger partial charge in [0.2, 0.25) is 17.7 Å². The highest BCUT2D eigenvalue weighted by atomic mass is 16.4. The molecule has 4 rings (SSSR count). The molecular weight excluding hydrogens is 662 g/mol. The van der Waals surface area contributed by atoms with Gasteiger partial charge in [0.1, 0.15) is 17.9 Å². The van der Waals surface area contributed by atoms with E-state index in [2.05, 4.69) is 50.1 Å². The largest absolute Gasteiger partial charge is 0.465 e. The Labute approximate surface area is 305 Å². The van der Waals surface area contributed by atoms with Crippen LogP contribution in [0.1, 0.15) is 76.5 Å². The molecule has 4 amide bonds. The second-order valence-electron chi connectivity index (χ2n) is 14.0. The summed E-state index contributed by atoms with van der Waals surface area (Å²) in [5.74, 6) is -0.434. The summed E-state index contributed by atoms with van der Waals surface area (Å²) in [6.45, 7) is 4.14. The topological polar surface area (TPSA) is 198 Å². The predicted molar refractivity (Wildman–Crippen MR) is 198 cm³/mol. The molecule has 0 bridgehead atoms. The summed E-state index contributed by atoms with van der Waals surface area (Å²) in [6, 6.07) is 11.5. The molecule has 280 valence electrons. The van der Waals surface area contributed by atoms with Crippen molar-refractivity contribution >= 4 is 29.6 Å². The lowest BCUT2D eigenvalue weighted by Gasteiger charge is -2.33. The summed E-state index contributed by atoms with van der Waals surface area (Å²) in [5, 5.41) is 32.2. The Morgan fingerprint density at radius 3 is 2.29 bits per heavy atom. The zero-order chi connectivity index (χ0) is 37.3. The number of carboxylic acid groups (broad SMARTS) is 1. The number of carbonyl (C=O) groups is 4. The average molecular weight is 716 g/mol. The van der Waals surface area contributed by atoms with E-state index >= 15 is 0 Å². The Balaban J connectivity index is 1.48. The molecule has 1 aliphatic rings. The first-order valence-electron chi connectivity index (χ1n) is 18.2. The van der Waals surface area contributed by atoms with Crippen LogP contribution >= 0.6 is 0 Å². The molecule has 7 N–H and O–H groups in total. The number of benzene rings is 1. The van der Waals surface area contributed by atoms with E-state index in [4.69, 9.17) is 0 Å². The highest BCUT2D eigenvalue weighted by molar-refractivity contribution is 5.98. The van der Waals surface area contributed by atoms with Gasteiger partial charge in [0.15, 0.2) is 0 Å². The molecule has 2 heterocycles. The minimum absolute atomic E-state index is 0.0148. The molecule has 13 heteroatoms. The van der Waals surface area contributed by atoms with E-state index in [0.717, 1.165) is 31.2 Å². The third kappa shape index (κ3) is 13.6. The molecule has 0 saturated heterocycles. The minimum atomic E-state index is -1.36. The van der Waals surface area contributed by atoms with Crippen LogP contribution in [0, 0.1) is 17.8 Å². The predicted octanol–water partition coefficient (Wildman–Crippen LogP) is 4.77. The van der Waals surface area contributed by atoms with Crippen molar-refractivity contribution < 1.29 is 29.4 Å². The number of anilines is 1. The van der Waals surface area contributed by atoms with Gasteiger partial charge < -0.3 is 36.5 Å². The van der Waals surface area contributed by atoms with Gasteiger partial charge in [-0.05, 0) is 60.8 Å². The maximum Gasteiger partial charge on any atom is 0.405 e. The van der Waals surface area contributed by atoms with Crippen molar-refractivity contribution in [2.75, 3.05) is 5.32 Å². The number of hydrogen-bond acceptors (Lipinski definition) is 7. The maximum absolute atomic E-state index is 14.1. The van der Waals surface area contributed by atoms with Gasteiger partial charge in [-0.15, -0.1) is 0 Å². The number of amides is 4. The van der Waals surface area contributed by atoms with Crippen LogP contribution < -0.4 is 21.3 Å². The molecule has 3 aromatic rings. The number of nitrogens with zero attached hydrogens (tertiary/aromatic N) is 2. The average Bonchev–Trinajstić information content (AvgIpc) is 3.64. The quantitative estimate of drug-likeness (QED) is 0.0861. The van der Waals surface area contributed by atoms with Gasteiger partial charge in [0.25, 0.3) is 0 Å². The zero-order valence-corrected chi connectivity index (χ0v) is 30.0. The van der Waals surface area contributed by atoms with Crippen LogP contribution in [-0.2, 0) is 27.2 Å². The van der Waals surface area contributed by atoms with Gasteiger partial charge in [0, 0.05) is 30.9 Å². The first kappa shape index (κ1) is 39.7. The molecule has 1 fully saturated rings. The summed E-state index contributed by atoms with van der Waals surface area (Å²) < 4.78 is 0. The SMILES string of the molecule is CC(C)[C@@H](C/C=C/C(=O)Nc1ccccn1)C[C@@H](O)[C@H](CC1CCCCC1)NC(=O)[C@H](Cc1cnc[nH]1)NC(=O)[C@H](Cc1ccccc1)NC(=O)O. The van der Waals surface area contributed by atoms with E-state index in [1.807, 2.05) is 6.07 Å². The van der Waals surface area contributed by atoms with Crippen LogP contribution in [0.2, 0.25) is 0 Å². The molecule has 1 aromatic carbocycles. The van der Waals surface area contributed by atoms with Crippen LogP contribution in [0.5, 0.6) is 0 Å². The van der Waals surface area contributed by atoms with Crippen LogP contribution in [-0.4, -0.2) is 73.2 Å². The summed E-state index contributed by atoms with van der Waals surface area (Å²) in [6.07, 6.45) is 12.8. The van der Waals surface area contributed by atoms with E-state index in [1.165, 1.54) is 18.8 Å². The fraction of sp³-hybridized carbons (Fsp3) is 0.487. The summed E-state index contributed by atoms with van der Waals surface area (Å²) in [4.78, 5) is 63.0. The molecule has 0 aliphatic heterocycles. The lowest BCUT2D eigenvalue weighted by Crippen LogP contribution is -2.57. The Morgan fingerprint density at radius 1 is 0.923 bits per heavy atom. The number of aromatic amines is 1. The normalized spacial score (nSPS) is 16.4. The third-order valence-corrected chi connectivity index (χ3v) is 9.72. The van der Waals surface area contributed by atoms with E-state index in [-0.39, 0.29) is 30.6 Å². The first-order valence-corrected chi connectivity index (χ1v) is 18.2. The van der Waals surface area contributed by atoms with E-state index in [0.29, 0.717) is 36.7 Å². The first-order chi connectivity index (χ1) is 25.1. The lowest BCUT2D eigenvalue weighted by atomic mass is 9.80. The fourth-order valence-electron chi connectivity index (χ4n) is 6.75. The molecule has 0 spiro atoms. The van der Waals surface area contributed by atoms with Gasteiger partial charge >= 0.3 is 6.09 Å². The molecule has 5 atom stereocenters. The number of aromatic nitrogens is 3. The summed E-state index contributed by atoms with van der Waals surface area (Å²) >= 11 is 0. The van der Waals surface area contributed by atoms with Gasteiger partial charge in [0.05, 0.1) is 18.5 Å². The van der Waals surface area contributed by atoms with Crippen LogP contribution in [0.3, 0.4) is 0 Å². The Hall–Kier alpha value is -5.04. The summed E-state index contributed by atoms with van der Waals surface area (Å²) in [5.41, 5.74) is 1.36. The Bertz CT molecular complexity index is 1560. The molecule has 52 heavy (non-hydrogen) atoms. The monoisotopic (exact) mass is 715 g/mol. The summed E-state index contributed by atoms with van der Waals surface area (Å²) in [7, 11) is 0. The second kappa shape index (κ2) is 20.7. The number of H-pyrrole nitrogens is 1. The van der Waals surface area contributed by atoms with Crippen LogP contribution in [0.25, 0.3) is 0 Å². The van der Waals surface area contributed by atoms with Gasteiger partial charge in [-0.1, -0.05) is 88.4 Å². The van der Waals surface area contributed by atoms with E-state index in [1.54, 1.807) is 60.9 Å². The van der Waals surface area contributed by atoms with Crippen LogP contribution in [0.4, 0.5) is 10.6 Å². The van der Waals surface area contributed by atoms with Gasteiger partial charge in [-0.2, -0.15) is 0 Å². The fourth-order valence-corrected chi connectivity index (χ4v) is 6.75. The molecular formula is C39H53N7O6. The van der Waals surface area contributed by atoms with Crippen molar-refractivity contribution in [3.05, 3.63) is 90.7 Å². The number of aliphatic hydroxyl groups excluding tert-OH is 1. The maximum atomic E-state index is 14.1. The second-order valence-corrected chi connectivity index (χ2v) is 14.0. The van der Waals surface area contributed by atoms with Crippen molar-refractivity contribution in [2.24, 2.45) is 17.8 Å². The number of imidazole rings is 1. The third-order valence-electron chi connectivity index (χ3n) is 9.72. The Kier molecular flexibility index (Phi) is 15.8. The molecule has 2 aromatic heterocycles. The van der Waals surface area contributed by atoms with Crippen molar-refractivity contribution in [3.8, 4) is 0 Å². The van der Waals surface area contributed by atoms with Crippen molar-refractivity contribution in [2.45, 2.75) is 102 Å². The highest BCUT2D eigenvalue weighted by Gasteiger charge is 2.33. The van der Waals surface area contributed by atoms with E-state index < -0.39 is 42.1 Å². The van der Waals surface area contributed by atoms with Crippen molar-refractivity contribution in [1.82, 2.24) is 30.9 Å². The van der Waals surface area contributed by atoms with Gasteiger partial charge in [-0.3, -0.25) is 14.4 Å². The number of allylic oxidation sites excluding steroid dienone is 1. The van der Waals surface area contributed by atoms with Gasteiger partial charge in [-0.25, -0.2) is 14.8 Å². The number of rotatable bonds is 19. The molecule has 0 unspecified atom stereocenters. The number of aliphatic hydroxyl groups is 1. The van der Waals surface area contributed by atoms with Crippen molar-refractivity contribution in [3.63, 3.8) is 0 Å². The Morgan fingerprint density at radius 2 is 1.63 bits per heavy atom. The number of nitrogens with one attached hydrogen (secondary N) is 5.